The largest absolute Gasteiger partial charge is 0.466 e. The number of hydrogen-bond donors (Lipinski definition) is 1. The number of nitrogens with zero attached hydrogens (tertiary/aromatic N) is 1. The van der Waals surface area contributed by atoms with Gasteiger partial charge in [0, 0.05) is 19.6 Å². The Balaban J connectivity index is 4.16. The van der Waals surface area contributed by atoms with E-state index in [1.807, 2.05) is 6.26 Å². The van der Waals surface area contributed by atoms with E-state index in [9.17, 15) is 9.59 Å². The number of thioether (sulfide) groups is 1. The van der Waals surface area contributed by atoms with Crippen LogP contribution in [0.3, 0.4) is 0 Å². The van der Waals surface area contributed by atoms with Crippen LogP contribution in [0.2, 0.25) is 0 Å². The van der Waals surface area contributed by atoms with Crippen LogP contribution in [0.15, 0.2) is 0 Å². The summed E-state index contributed by atoms with van der Waals surface area (Å²) < 4.78 is 17.7. The highest BCUT2D eigenvalue weighted by Crippen LogP contribution is 2.17. The van der Waals surface area contributed by atoms with Gasteiger partial charge in [-0.2, -0.15) is 11.8 Å². The third-order valence-electron chi connectivity index (χ3n) is 11.3. The summed E-state index contributed by atoms with van der Waals surface area (Å²) in [5.41, 5.74) is 0. The third-order valence-corrected chi connectivity index (χ3v) is 11.8. The van der Waals surface area contributed by atoms with E-state index >= 15 is 0 Å². The van der Waals surface area contributed by atoms with Crippen molar-refractivity contribution in [1.29, 1.82) is 0 Å². The van der Waals surface area contributed by atoms with Gasteiger partial charge in [-0.3, -0.25) is 9.59 Å². The van der Waals surface area contributed by atoms with E-state index in [1.165, 1.54) is 180 Å². The fourth-order valence-corrected chi connectivity index (χ4v) is 7.93. The molecule has 0 aromatic rings. The van der Waals surface area contributed by atoms with Gasteiger partial charge in [0.25, 0.3) is 0 Å². The smallest absolute Gasteiger partial charge is 0.305 e. The highest BCUT2D eigenvalue weighted by atomic mass is 32.2. The molecule has 8 heteroatoms. The van der Waals surface area contributed by atoms with Crippen LogP contribution in [0.5, 0.6) is 0 Å². The molecule has 0 rings (SSSR count). The fraction of sp³-hybridized carbons (Fsp3) is 0.959. The zero-order chi connectivity index (χ0) is 41.5. The van der Waals surface area contributed by atoms with Crippen molar-refractivity contribution in [1.82, 2.24) is 10.2 Å². The summed E-state index contributed by atoms with van der Waals surface area (Å²) in [6.07, 6.45) is 44.2. The van der Waals surface area contributed by atoms with Gasteiger partial charge >= 0.3 is 5.97 Å². The summed E-state index contributed by atoms with van der Waals surface area (Å²) in [6.45, 7) is 12.8. The minimum Gasteiger partial charge on any atom is -0.466 e. The van der Waals surface area contributed by atoms with Crippen LogP contribution in [0.1, 0.15) is 239 Å². The molecule has 0 saturated carbocycles. The first-order valence-electron chi connectivity index (χ1n) is 24.9. The molecule has 0 aromatic carbocycles. The Morgan fingerprint density at radius 2 is 0.965 bits per heavy atom. The van der Waals surface area contributed by atoms with Crippen LogP contribution in [0.25, 0.3) is 0 Å². The van der Waals surface area contributed by atoms with Gasteiger partial charge in [-0.1, -0.05) is 181 Å². The highest BCUT2D eigenvalue weighted by Gasteiger charge is 2.10. The normalized spacial score (nSPS) is 11.6. The summed E-state index contributed by atoms with van der Waals surface area (Å²) >= 11 is 1.57. The zero-order valence-corrected chi connectivity index (χ0v) is 39.5. The molecule has 0 heterocycles. The van der Waals surface area contributed by atoms with Gasteiger partial charge in [-0.15, -0.1) is 0 Å². The van der Waals surface area contributed by atoms with Crippen molar-refractivity contribution >= 4 is 23.6 Å². The van der Waals surface area contributed by atoms with Crippen molar-refractivity contribution in [2.45, 2.75) is 245 Å². The number of carbonyl (C=O) groups excluding carboxylic acids is 2. The summed E-state index contributed by atoms with van der Waals surface area (Å²) in [7, 11) is 0. The molecule has 0 aromatic heterocycles. The van der Waals surface area contributed by atoms with Crippen LogP contribution in [0.4, 0.5) is 0 Å². The molecule has 340 valence electrons. The van der Waals surface area contributed by atoms with Gasteiger partial charge in [0.2, 0.25) is 5.91 Å². The summed E-state index contributed by atoms with van der Waals surface area (Å²) in [5.74, 6) is 0.667. The van der Waals surface area contributed by atoms with Crippen molar-refractivity contribution in [3.05, 3.63) is 0 Å². The van der Waals surface area contributed by atoms with E-state index in [2.05, 4.69) is 31.0 Å². The molecule has 0 saturated heterocycles. The van der Waals surface area contributed by atoms with Crippen LogP contribution in [-0.4, -0.2) is 81.1 Å². The van der Waals surface area contributed by atoms with E-state index in [0.29, 0.717) is 31.7 Å². The Labute approximate surface area is 359 Å². The molecule has 0 unspecified atom stereocenters. The first-order valence-corrected chi connectivity index (χ1v) is 26.3. The Hall–Kier alpha value is -0.830. The van der Waals surface area contributed by atoms with E-state index in [0.717, 1.165) is 64.9 Å². The Bertz CT molecular complexity index is 803. The summed E-state index contributed by atoms with van der Waals surface area (Å²) in [4.78, 5) is 26.6. The molecule has 7 nitrogen and oxygen atoms in total. The molecule has 0 atom stereocenters. The van der Waals surface area contributed by atoms with Gasteiger partial charge in [-0.25, -0.2) is 0 Å². The van der Waals surface area contributed by atoms with E-state index in [-0.39, 0.29) is 11.9 Å². The number of amides is 1. The Kier molecular flexibility index (Phi) is 47.1. The van der Waals surface area contributed by atoms with Gasteiger partial charge in [0.15, 0.2) is 0 Å². The number of rotatable bonds is 48. The molecule has 0 bridgehead atoms. The maximum atomic E-state index is 12.1. The van der Waals surface area contributed by atoms with E-state index in [4.69, 9.17) is 14.2 Å². The molecular formula is C49H98N2O5S. The number of unbranched alkanes of at least 4 members (excludes halogenated alkanes) is 25. The molecule has 1 N–H and O–H groups in total. The number of carbonyl (C=O) groups is 2. The molecule has 0 aliphatic heterocycles. The fourth-order valence-electron chi connectivity index (χ4n) is 7.57. The number of nitrogens with one attached hydrogen (secondary N) is 1. The second kappa shape index (κ2) is 47.8. The second-order valence-electron chi connectivity index (χ2n) is 16.9. The van der Waals surface area contributed by atoms with Crippen molar-refractivity contribution in [2.24, 2.45) is 0 Å². The monoisotopic (exact) mass is 827 g/mol. The van der Waals surface area contributed by atoms with Crippen molar-refractivity contribution in [2.75, 3.05) is 58.2 Å². The van der Waals surface area contributed by atoms with Crippen molar-refractivity contribution < 1.29 is 23.8 Å². The lowest BCUT2D eigenvalue weighted by Crippen LogP contribution is -2.32. The predicted molar refractivity (Wildman–Crippen MR) is 248 cm³/mol. The first kappa shape index (κ1) is 56.2. The maximum absolute atomic E-state index is 12.1. The summed E-state index contributed by atoms with van der Waals surface area (Å²) in [6, 6.07) is 0. The second-order valence-corrected chi connectivity index (χ2v) is 17.8. The third kappa shape index (κ3) is 44.5. The Morgan fingerprint density at radius 3 is 1.49 bits per heavy atom. The van der Waals surface area contributed by atoms with Gasteiger partial charge in [0.05, 0.1) is 18.5 Å². The lowest BCUT2D eigenvalue weighted by atomic mass is 10.0. The molecule has 57 heavy (non-hydrogen) atoms. The van der Waals surface area contributed by atoms with E-state index < -0.39 is 0 Å². The molecule has 0 fully saturated rings. The molecule has 1 amide bonds. The predicted octanol–water partition coefficient (Wildman–Crippen LogP) is 14.0. The minimum absolute atomic E-state index is 0.0175. The topological polar surface area (TPSA) is 77.1 Å². The standard InChI is InChI=1S/C49H98N2O5S/c1-5-8-11-14-18-27-34-44-55-49(53)38-30-23-20-25-32-41-51(42-35-39-50-48(52)45-57-4)40-31-24-17-19-26-33-43-54-46-56-47(36-28-21-15-12-9-6-2)37-29-22-16-13-10-7-3/h47H,5-46H2,1-4H3,(H,50,52). The van der Waals surface area contributed by atoms with Crippen LogP contribution >= 0.6 is 11.8 Å². The molecule has 0 spiro atoms. The van der Waals surface area contributed by atoms with Gasteiger partial charge < -0.3 is 24.4 Å². The zero-order valence-electron chi connectivity index (χ0n) is 38.7. The quantitative estimate of drug-likeness (QED) is 0.0372. The maximum Gasteiger partial charge on any atom is 0.305 e. The first-order chi connectivity index (χ1) is 28.1. The van der Waals surface area contributed by atoms with Crippen molar-refractivity contribution in [3.63, 3.8) is 0 Å². The van der Waals surface area contributed by atoms with Crippen LogP contribution < -0.4 is 5.32 Å². The summed E-state index contributed by atoms with van der Waals surface area (Å²) in [5, 5.41) is 3.07. The minimum atomic E-state index is -0.0175. The van der Waals surface area contributed by atoms with Crippen LogP contribution in [-0.2, 0) is 23.8 Å². The highest BCUT2D eigenvalue weighted by molar-refractivity contribution is 7.99. The lowest BCUT2D eigenvalue weighted by Gasteiger charge is -2.22. The molecule has 0 aliphatic carbocycles. The van der Waals surface area contributed by atoms with Gasteiger partial charge in [0.1, 0.15) is 6.79 Å². The number of hydrogen-bond acceptors (Lipinski definition) is 7. The Morgan fingerprint density at radius 1 is 0.526 bits per heavy atom. The van der Waals surface area contributed by atoms with Gasteiger partial charge in [-0.05, 0) is 77.3 Å². The SMILES string of the molecule is CCCCCCCCCOC(=O)CCCCCCCN(CCCCCCCCOCOC(CCCCCCCC)CCCCCCCC)CCCNC(=O)CSC. The molecular weight excluding hydrogens is 729 g/mol. The van der Waals surface area contributed by atoms with E-state index in [1.54, 1.807) is 11.8 Å². The van der Waals surface area contributed by atoms with Crippen molar-refractivity contribution in [3.8, 4) is 0 Å². The number of ether oxygens (including phenoxy) is 3. The van der Waals surface area contributed by atoms with Crippen LogP contribution in [0, 0.1) is 0 Å². The lowest BCUT2D eigenvalue weighted by molar-refractivity contribution is -0.143. The average Bonchev–Trinajstić information content (AvgIpc) is 3.21. The molecule has 0 radical (unpaired) electrons. The average molecular weight is 827 g/mol. The molecule has 0 aliphatic rings. The number of esters is 1.